The number of nitrogens with zero attached hydrogens (tertiary/aromatic N) is 1. The first kappa shape index (κ1) is 15.6. The maximum atomic E-state index is 12.3. The van der Waals surface area contributed by atoms with Gasteiger partial charge in [0.2, 0.25) is 15.9 Å². The van der Waals surface area contributed by atoms with Crippen LogP contribution in [0.2, 0.25) is 0 Å². The van der Waals surface area contributed by atoms with Gasteiger partial charge in [-0.15, -0.1) is 0 Å². The van der Waals surface area contributed by atoms with E-state index in [-0.39, 0.29) is 23.3 Å². The summed E-state index contributed by atoms with van der Waals surface area (Å²) in [6, 6.07) is 10.2. The zero-order valence-electron chi connectivity index (χ0n) is 12.4. The number of hydrogen-bond acceptors (Lipinski definition) is 4. The van der Waals surface area contributed by atoms with Gasteiger partial charge in [0.1, 0.15) is 0 Å². The average molecular weight is 331 g/mol. The zero-order chi connectivity index (χ0) is 16.3. The van der Waals surface area contributed by atoms with E-state index >= 15 is 0 Å². The molecule has 6 nitrogen and oxygen atoms in total. The van der Waals surface area contributed by atoms with Crippen molar-refractivity contribution in [2.75, 3.05) is 6.54 Å². The Kier molecular flexibility index (Phi) is 4.40. The van der Waals surface area contributed by atoms with Crippen LogP contribution < -0.4 is 10.0 Å². The molecule has 1 fully saturated rings. The van der Waals surface area contributed by atoms with E-state index in [1.54, 1.807) is 48.8 Å². The topological polar surface area (TPSA) is 88.2 Å². The predicted molar refractivity (Wildman–Crippen MR) is 85.1 cm³/mol. The van der Waals surface area contributed by atoms with Crippen molar-refractivity contribution >= 4 is 15.9 Å². The number of hydrogen-bond donors (Lipinski definition) is 2. The van der Waals surface area contributed by atoms with Gasteiger partial charge < -0.3 is 5.32 Å². The van der Waals surface area contributed by atoms with Gasteiger partial charge in [0, 0.05) is 37.8 Å². The number of sulfonamides is 1. The molecule has 2 aromatic rings. The van der Waals surface area contributed by atoms with Crippen molar-refractivity contribution in [3.05, 3.63) is 59.9 Å². The van der Waals surface area contributed by atoms with Crippen LogP contribution in [0.4, 0.5) is 0 Å². The van der Waals surface area contributed by atoms with Crippen LogP contribution in [0, 0.1) is 0 Å². The molecule has 0 radical (unpaired) electrons. The molecule has 0 bridgehead atoms. The van der Waals surface area contributed by atoms with E-state index < -0.39 is 10.0 Å². The first-order chi connectivity index (χ1) is 11.0. The van der Waals surface area contributed by atoms with Gasteiger partial charge in [0.05, 0.1) is 4.90 Å². The highest BCUT2D eigenvalue weighted by molar-refractivity contribution is 7.89. The van der Waals surface area contributed by atoms with Gasteiger partial charge in [0.15, 0.2) is 0 Å². The third-order valence-electron chi connectivity index (χ3n) is 3.85. The molecule has 120 valence electrons. The fourth-order valence-corrected chi connectivity index (χ4v) is 3.54. The maximum absolute atomic E-state index is 12.3. The standard InChI is InChI=1S/C16H17N3O3S/c20-16-9-14(11-18-16)13-1-3-15(4-2-13)23(21,22)19-10-12-5-7-17-8-6-12/h1-8,14,19H,9-11H2,(H,18,20)/t14-/m0/s1. The Morgan fingerprint density at radius 2 is 1.83 bits per heavy atom. The van der Waals surface area contributed by atoms with Gasteiger partial charge in [0.25, 0.3) is 0 Å². The summed E-state index contributed by atoms with van der Waals surface area (Å²) < 4.78 is 27.2. The molecule has 1 atom stereocenters. The molecular formula is C16H17N3O3S. The van der Waals surface area contributed by atoms with Crippen LogP contribution in [0.3, 0.4) is 0 Å². The highest BCUT2D eigenvalue weighted by atomic mass is 32.2. The summed E-state index contributed by atoms with van der Waals surface area (Å²) in [6.45, 7) is 0.818. The molecule has 0 saturated carbocycles. The van der Waals surface area contributed by atoms with Crippen molar-refractivity contribution in [3.8, 4) is 0 Å². The van der Waals surface area contributed by atoms with Gasteiger partial charge in [-0.05, 0) is 35.4 Å². The number of rotatable bonds is 5. The molecule has 2 heterocycles. The summed E-state index contributed by atoms with van der Waals surface area (Å²) in [7, 11) is -3.56. The third kappa shape index (κ3) is 3.75. The summed E-state index contributed by atoms with van der Waals surface area (Å²) in [5.74, 6) is 0.148. The number of aromatic nitrogens is 1. The summed E-state index contributed by atoms with van der Waals surface area (Å²) in [4.78, 5) is 15.4. The van der Waals surface area contributed by atoms with E-state index in [9.17, 15) is 13.2 Å². The average Bonchev–Trinajstić information content (AvgIpc) is 3.01. The molecule has 1 aliphatic heterocycles. The van der Waals surface area contributed by atoms with Crippen molar-refractivity contribution in [1.82, 2.24) is 15.0 Å². The van der Waals surface area contributed by atoms with E-state index in [1.165, 1.54) is 0 Å². The zero-order valence-corrected chi connectivity index (χ0v) is 13.2. The lowest BCUT2D eigenvalue weighted by molar-refractivity contribution is -0.119. The van der Waals surface area contributed by atoms with Crippen LogP contribution in [0.5, 0.6) is 0 Å². The normalized spacial score (nSPS) is 17.9. The number of carbonyl (C=O) groups is 1. The fraction of sp³-hybridized carbons (Fsp3) is 0.250. The second kappa shape index (κ2) is 6.47. The number of amides is 1. The van der Waals surface area contributed by atoms with E-state index in [0.29, 0.717) is 13.0 Å². The molecule has 0 spiro atoms. The number of benzene rings is 1. The van der Waals surface area contributed by atoms with E-state index in [4.69, 9.17) is 0 Å². The largest absolute Gasteiger partial charge is 0.355 e. The Labute approximate surface area is 135 Å². The molecule has 0 unspecified atom stereocenters. The van der Waals surface area contributed by atoms with E-state index in [1.807, 2.05) is 0 Å². The van der Waals surface area contributed by atoms with Gasteiger partial charge in [-0.2, -0.15) is 0 Å². The summed E-state index contributed by atoms with van der Waals surface area (Å²) in [6.07, 6.45) is 3.69. The van der Waals surface area contributed by atoms with E-state index in [2.05, 4.69) is 15.0 Å². The van der Waals surface area contributed by atoms with E-state index in [0.717, 1.165) is 11.1 Å². The smallest absolute Gasteiger partial charge is 0.240 e. The minimum atomic E-state index is -3.56. The van der Waals surface area contributed by atoms with Crippen LogP contribution in [0.15, 0.2) is 53.7 Å². The van der Waals surface area contributed by atoms with Crippen LogP contribution in [0.1, 0.15) is 23.5 Å². The lowest BCUT2D eigenvalue weighted by Crippen LogP contribution is -2.23. The molecular weight excluding hydrogens is 314 g/mol. The molecule has 7 heteroatoms. The molecule has 1 aromatic carbocycles. The Morgan fingerprint density at radius 3 is 2.43 bits per heavy atom. The Bertz CT molecular complexity index is 789. The minimum absolute atomic E-state index is 0.0331. The van der Waals surface area contributed by atoms with Crippen LogP contribution in [-0.4, -0.2) is 25.9 Å². The predicted octanol–water partition coefficient (Wildman–Crippen LogP) is 1.16. The quantitative estimate of drug-likeness (QED) is 0.861. The minimum Gasteiger partial charge on any atom is -0.355 e. The molecule has 1 saturated heterocycles. The van der Waals surface area contributed by atoms with Gasteiger partial charge in [-0.3, -0.25) is 9.78 Å². The summed E-state index contributed by atoms with van der Waals surface area (Å²) in [5.41, 5.74) is 1.81. The first-order valence-electron chi connectivity index (χ1n) is 7.30. The molecule has 23 heavy (non-hydrogen) atoms. The number of pyridine rings is 1. The SMILES string of the molecule is O=C1C[C@H](c2ccc(S(=O)(=O)NCc3ccncc3)cc2)CN1. The van der Waals surface area contributed by atoms with Crippen LogP contribution in [-0.2, 0) is 21.4 Å². The third-order valence-corrected chi connectivity index (χ3v) is 5.27. The molecule has 2 N–H and O–H groups in total. The highest BCUT2D eigenvalue weighted by Crippen LogP contribution is 2.24. The summed E-state index contributed by atoms with van der Waals surface area (Å²) in [5, 5.41) is 2.78. The van der Waals surface area contributed by atoms with Gasteiger partial charge in [-0.1, -0.05) is 12.1 Å². The Morgan fingerprint density at radius 1 is 1.13 bits per heavy atom. The second-order valence-electron chi connectivity index (χ2n) is 5.45. The Balaban J connectivity index is 1.69. The van der Waals surface area contributed by atoms with Crippen molar-refractivity contribution in [3.63, 3.8) is 0 Å². The summed E-state index contributed by atoms with van der Waals surface area (Å²) >= 11 is 0. The number of nitrogens with one attached hydrogen (secondary N) is 2. The Hall–Kier alpha value is -2.25. The number of carbonyl (C=O) groups excluding carboxylic acids is 1. The fourth-order valence-electron chi connectivity index (χ4n) is 2.52. The lowest BCUT2D eigenvalue weighted by Gasteiger charge is -2.10. The van der Waals surface area contributed by atoms with Gasteiger partial charge in [-0.25, -0.2) is 13.1 Å². The van der Waals surface area contributed by atoms with Crippen LogP contribution >= 0.6 is 0 Å². The van der Waals surface area contributed by atoms with Crippen molar-refractivity contribution in [1.29, 1.82) is 0 Å². The second-order valence-corrected chi connectivity index (χ2v) is 7.22. The van der Waals surface area contributed by atoms with Crippen LogP contribution in [0.25, 0.3) is 0 Å². The molecule has 1 aromatic heterocycles. The lowest BCUT2D eigenvalue weighted by atomic mass is 9.99. The van der Waals surface area contributed by atoms with Crippen molar-refractivity contribution in [2.24, 2.45) is 0 Å². The molecule has 3 rings (SSSR count). The molecule has 0 aliphatic carbocycles. The molecule has 1 amide bonds. The highest BCUT2D eigenvalue weighted by Gasteiger charge is 2.23. The van der Waals surface area contributed by atoms with Crippen molar-refractivity contribution in [2.45, 2.75) is 23.8 Å². The maximum Gasteiger partial charge on any atom is 0.240 e. The van der Waals surface area contributed by atoms with Gasteiger partial charge >= 0.3 is 0 Å². The van der Waals surface area contributed by atoms with Crippen molar-refractivity contribution < 1.29 is 13.2 Å². The monoisotopic (exact) mass is 331 g/mol. The first-order valence-corrected chi connectivity index (χ1v) is 8.78. The molecule has 1 aliphatic rings.